The van der Waals surface area contributed by atoms with E-state index >= 15 is 0 Å². The molecule has 1 heterocycles. The van der Waals surface area contributed by atoms with Crippen LogP contribution in [0, 0.1) is 0 Å². The lowest BCUT2D eigenvalue weighted by molar-refractivity contribution is -0.137. The molecular weight excluding hydrogens is 336 g/mol. The van der Waals surface area contributed by atoms with Crippen molar-refractivity contribution in [2.45, 2.75) is 95.2 Å². The fraction of sp³-hybridized carbons (Fsp3) is 0.750. The minimum absolute atomic E-state index is 0.148. The van der Waals surface area contributed by atoms with Crippen LogP contribution in [0.1, 0.15) is 64.7 Å². The lowest BCUT2D eigenvalue weighted by Gasteiger charge is -2.18. The van der Waals surface area contributed by atoms with Gasteiger partial charge in [-0.2, -0.15) is 0 Å². The Hall–Kier alpha value is -1.21. The molecule has 26 heavy (non-hydrogen) atoms. The van der Waals surface area contributed by atoms with Crippen LogP contribution in [-0.2, 0) is 9.53 Å². The number of aliphatic carboxylic acids is 1. The summed E-state index contributed by atoms with van der Waals surface area (Å²) in [5, 5.41) is 38.7. The van der Waals surface area contributed by atoms with Crippen LogP contribution in [-0.4, -0.2) is 56.9 Å². The van der Waals surface area contributed by atoms with E-state index in [-0.39, 0.29) is 12.5 Å². The van der Waals surface area contributed by atoms with Gasteiger partial charge in [0.15, 0.2) is 0 Å². The molecule has 0 radical (unpaired) electrons. The molecule has 1 fully saturated rings. The summed E-state index contributed by atoms with van der Waals surface area (Å²) >= 11 is 0. The van der Waals surface area contributed by atoms with Gasteiger partial charge < -0.3 is 25.2 Å². The maximum absolute atomic E-state index is 10.4. The van der Waals surface area contributed by atoms with Crippen molar-refractivity contribution < 1.29 is 30.0 Å². The topological polar surface area (TPSA) is 107 Å². The molecule has 1 aliphatic heterocycles. The van der Waals surface area contributed by atoms with Gasteiger partial charge in [-0.25, -0.2) is 0 Å². The first kappa shape index (κ1) is 22.8. The average Bonchev–Trinajstić information content (AvgIpc) is 2.97. The van der Waals surface area contributed by atoms with Gasteiger partial charge in [0, 0.05) is 12.8 Å². The summed E-state index contributed by atoms with van der Waals surface area (Å²) < 4.78 is 5.73. The summed E-state index contributed by atoms with van der Waals surface area (Å²) in [7, 11) is 0. The monoisotopic (exact) mass is 370 g/mol. The van der Waals surface area contributed by atoms with Crippen molar-refractivity contribution in [3.63, 3.8) is 0 Å². The van der Waals surface area contributed by atoms with E-state index in [1.54, 1.807) is 12.2 Å². The standard InChI is InChI=1S/C20H34O6/c1-2-3-6-10-16(22)19-14-17(23)18(26-19)13-12-15(21)9-7-4-5-8-11-20(24)25/h4,7,12-13,15-19,21-23H,2-3,5-6,8-11,14H2,1H3,(H,24,25)/b7-4-,13-12+/t15-,16+,17-,18+,19-/m1/s1. The Morgan fingerprint density at radius 3 is 2.69 bits per heavy atom. The van der Waals surface area contributed by atoms with Gasteiger partial charge in [-0.05, 0) is 25.7 Å². The van der Waals surface area contributed by atoms with Gasteiger partial charge in [0.25, 0.3) is 0 Å². The highest BCUT2D eigenvalue weighted by molar-refractivity contribution is 5.66. The highest BCUT2D eigenvalue weighted by atomic mass is 16.5. The molecule has 0 aromatic carbocycles. The van der Waals surface area contributed by atoms with E-state index in [0.717, 1.165) is 19.3 Å². The van der Waals surface area contributed by atoms with E-state index in [9.17, 15) is 20.1 Å². The zero-order valence-electron chi connectivity index (χ0n) is 15.7. The Morgan fingerprint density at radius 1 is 1.23 bits per heavy atom. The number of aliphatic hydroxyl groups excluding tert-OH is 3. The Morgan fingerprint density at radius 2 is 2.00 bits per heavy atom. The minimum Gasteiger partial charge on any atom is -0.481 e. The fourth-order valence-electron chi connectivity index (χ4n) is 2.97. The van der Waals surface area contributed by atoms with E-state index in [0.29, 0.717) is 32.1 Å². The summed E-state index contributed by atoms with van der Waals surface area (Å²) in [5.41, 5.74) is 0. The molecule has 0 bridgehead atoms. The van der Waals surface area contributed by atoms with Crippen molar-refractivity contribution in [2.24, 2.45) is 0 Å². The van der Waals surface area contributed by atoms with Crippen LogP contribution in [0.5, 0.6) is 0 Å². The van der Waals surface area contributed by atoms with E-state index in [4.69, 9.17) is 9.84 Å². The predicted octanol–water partition coefficient (Wildman–Crippen LogP) is 2.56. The summed E-state index contributed by atoms with van der Waals surface area (Å²) in [6.07, 6.45) is 10.2. The molecule has 1 rings (SSSR count). The first-order valence-electron chi connectivity index (χ1n) is 9.68. The van der Waals surface area contributed by atoms with Crippen LogP contribution >= 0.6 is 0 Å². The molecule has 6 nitrogen and oxygen atoms in total. The van der Waals surface area contributed by atoms with Gasteiger partial charge in [-0.1, -0.05) is 50.5 Å². The molecule has 1 aliphatic rings. The number of hydrogen-bond acceptors (Lipinski definition) is 5. The predicted molar refractivity (Wildman–Crippen MR) is 99.8 cm³/mol. The van der Waals surface area contributed by atoms with E-state index in [1.165, 1.54) is 0 Å². The van der Waals surface area contributed by atoms with Crippen LogP contribution in [0.25, 0.3) is 0 Å². The molecule has 0 aromatic rings. The molecule has 0 aromatic heterocycles. The molecule has 4 N–H and O–H groups in total. The zero-order chi connectivity index (χ0) is 19.4. The van der Waals surface area contributed by atoms with Gasteiger partial charge >= 0.3 is 5.97 Å². The summed E-state index contributed by atoms with van der Waals surface area (Å²) in [5.74, 6) is -0.801. The summed E-state index contributed by atoms with van der Waals surface area (Å²) in [6.45, 7) is 2.11. The minimum atomic E-state index is -0.801. The van der Waals surface area contributed by atoms with Crippen molar-refractivity contribution in [1.82, 2.24) is 0 Å². The molecule has 0 aliphatic carbocycles. The quantitative estimate of drug-likeness (QED) is 0.293. The van der Waals surface area contributed by atoms with Gasteiger partial charge in [-0.3, -0.25) is 4.79 Å². The lowest BCUT2D eigenvalue weighted by Crippen LogP contribution is -2.26. The van der Waals surface area contributed by atoms with Crippen molar-refractivity contribution in [1.29, 1.82) is 0 Å². The molecular formula is C20H34O6. The fourth-order valence-corrected chi connectivity index (χ4v) is 2.97. The Labute approximate surface area is 156 Å². The molecule has 0 spiro atoms. The third kappa shape index (κ3) is 9.48. The SMILES string of the molecule is CCCCC[C@H](O)[C@H]1C[C@@H](O)[C@H](/C=C/[C@H](O)C/C=C\CCCC(=O)O)O1. The van der Waals surface area contributed by atoms with Crippen molar-refractivity contribution >= 4 is 5.97 Å². The molecule has 5 atom stereocenters. The molecule has 0 amide bonds. The van der Waals surface area contributed by atoms with Crippen molar-refractivity contribution in [3.8, 4) is 0 Å². The van der Waals surface area contributed by atoms with Gasteiger partial charge in [0.05, 0.1) is 24.4 Å². The first-order valence-corrected chi connectivity index (χ1v) is 9.68. The lowest BCUT2D eigenvalue weighted by atomic mass is 10.0. The smallest absolute Gasteiger partial charge is 0.303 e. The zero-order valence-corrected chi connectivity index (χ0v) is 15.7. The second kappa shape index (κ2) is 13.0. The van der Waals surface area contributed by atoms with Gasteiger partial charge in [-0.15, -0.1) is 0 Å². The number of unbranched alkanes of at least 4 members (excludes halogenated alkanes) is 3. The van der Waals surface area contributed by atoms with Crippen LogP contribution in [0.4, 0.5) is 0 Å². The number of carboxylic acid groups (broad SMARTS) is 1. The molecule has 6 heteroatoms. The third-order valence-electron chi connectivity index (χ3n) is 4.55. The van der Waals surface area contributed by atoms with Crippen LogP contribution in [0.3, 0.4) is 0 Å². The second-order valence-corrected chi connectivity index (χ2v) is 6.95. The highest BCUT2D eigenvalue weighted by Gasteiger charge is 2.36. The highest BCUT2D eigenvalue weighted by Crippen LogP contribution is 2.26. The largest absolute Gasteiger partial charge is 0.481 e. The number of carboxylic acids is 1. The average molecular weight is 370 g/mol. The number of aliphatic hydroxyl groups is 3. The number of allylic oxidation sites excluding steroid dienone is 1. The summed E-state index contributed by atoms with van der Waals surface area (Å²) in [6, 6.07) is 0. The van der Waals surface area contributed by atoms with Crippen LogP contribution in [0.2, 0.25) is 0 Å². The molecule has 0 saturated carbocycles. The van der Waals surface area contributed by atoms with Crippen LogP contribution in [0.15, 0.2) is 24.3 Å². The number of rotatable bonds is 13. The van der Waals surface area contributed by atoms with Gasteiger partial charge in [0.2, 0.25) is 0 Å². The van der Waals surface area contributed by atoms with E-state index in [1.807, 2.05) is 12.2 Å². The van der Waals surface area contributed by atoms with Crippen molar-refractivity contribution in [2.75, 3.05) is 0 Å². The maximum Gasteiger partial charge on any atom is 0.303 e. The number of ether oxygens (including phenoxy) is 1. The molecule has 150 valence electrons. The first-order chi connectivity index (χ1) is 12.4. The Bertz CT molecular complexity index is 448. The Kier molecular flexibility index (Phi) is 11.4. The molecule has 0 unspecified atom stereocenters. The summed E-state index contributed by atoms with van der Waals surface area (Å²) in [4.78, 5) is 10.4. The number of carbonyl (C=O) groups is 1. The van der Waals surface area contributed by atoms with Gasteiger partial charge in [0.1, 0.15) is 6.10 Å². The van der Waals surface area contributed by atoms with Crippen LogP contribution < -0.4 is 0 Å². The number of hydrogen-bond donors (Lipinski definition) is 4. The molecule has 1 saturated heterocycles. The second-order valence-electron chi connectivity index (χ2n) is 6.95. The maximum atomic E-state index is 10.4. The Balaban J connectivity index is 2.29. The normalized spacial score (nSPS) is 25.9. The van der Waals surface area contributed by atoms with E-state index in [2.05, 4.69) is 6.92 Å². The van der Waals surface area contributed by atoms with E-state index < -0.39 is 30.4 Å². The van der Waals surface area contributed by atoms with Crippen molar-refractivity contribution in [3.05, 3.63) is 24.3 Å². The third-order valence-corrected chi connectivity index (χ3v) is 4.55.